The molecule has 3 aromatic heterocycles. The monoisotopic (exact) mass is 520 g/mol. The molecule has 5 aromatic rings. The predicted octanol–water partition coefficient (Wildman–Crippen LogP) is 4.07. The second-order valence-corrected chi connectivity index (χ2v) is 10.0. The van der Waals surface area contributed by atoms with Crippen molar-refractivity contribution in [2.45, 2.75) is 6.92 Å². The van der Waals surface area contributed by atoms with Crippen LogP contribution in [0.4, 0.5) is 0 Å². The zero-order chi connectivity index (χ0) is 27.1. The molecule has 1 amide bonds. The quantitative estimate of drug-likeness (QED) is 0.342. The Balaban J connectivity index is 1.18. The van der Waals surface area contributed by atoms with Gasteiger partial charge in [0.1, 0.15) is 17.9 Å². The van der Waals surface area contributed by atoms with Crippen LogP contribution < -0.4 is 10.3 Å². The lowest BCUT2D eigenvalue weighted by Gasteiger charge is -2.21. The highest BCUT2D eigenvalue weighted by Crippen LogP contribution is 2.29. The summed E-state index contributed by atoms with van der Waals surface area (Å²) in [6, 6.07) is 20.2. The first-order valence-electron chi connectivity index (χ1n) is 13.0. The van der Waals surface area contributed by atoms with Crippen molar-refractivity contribution < 1.29 is 14.1 Å². The van der Waals surface area contributed by atoms with Crippen molar-refractivity contribution in [3.8, 4) is 28.1 Å². The van der Waals surface area contributed by atoms with E-state index in [1.54, 1.807) is 22.7 Å². The maximum absolute atomic E-state index is 12.4. The summed E-state index contributed by atoms with van der Waals surface area (Å²) in [5.74, 6) is 0.862. The summed E-state index contributed by atoms with van der Waals surface area (Å²) in [5.41, 5.74) is 6.19. The van der Waals surface area contributed by atoms with Crippen LogP contribution in [0.2, 0.25) is 0 Å². The number of nitrogens with one attached hydrogen (secondary N) is 1. The molecule has 4 heterocycles. The second kappa shape index (κ2) is 9.87. The molecule has 8 nitrogen and oxygen atoms in total. The highest BCUT2D eigenvalue weighted by atomic mass is 16.5. The number of benzene rings is 2. The summed E-state index contributed by atoms with van der Waals surface area (Å²) < 4.78 is 9.70. The second-order valence-electron chi connectivity index (χ2n) is 10.0. The summed E-state index contributed by atoms with van der Waals surface area (Å²) in [6.07, 6.45) is 3.68. The molecule has 8 heteroatoms. The van der Waals surface area contributed by atoms with Crippen molar-refractivity contribution >= 4 is 33.4 Å². The molecule has 1 aliphatic rings. The van der Waals surface area contributed by atoms with Crippen LogP contribution >= 0.6 is 0 Å². The number of pyridine rings is 2. The molecule has 0 unspecified atom stereocenters. The van der Waals surface area contributed by atoms with Gasteiger partial charge in [0.2, 0.25) is 5.71 Å². The Morgan fingerprint density at radius 1 is 1.00 bits per heavy atom. The fourth-order valence-electron chi connectivity index (χ4n) is 5.18. The summed E-state index contributed by atoms with van der Waals surface area (Å²) in [7, 11) is 3.60. The number of aromatic amines is 1. The Morgan fingerprint density at radius 3 is 2.62 bits per heavy atom. The van der Waals surface area contributed by atoms with Gasteiger partial charge in [-0.25, -0.2) is 9.56 Å². The van der Waals surface area contributed by atoms with Crippen LogP contribution in [0.1, 0.15) is 6.92 Å². The van der Waals surface area contributed by atoms with Crippen LogP contribution in [-0.2, 0) is 11.8 Å². The minimum absolute atomic E-state index is 0.0376. The van der Waals surface area contributed by atoms with Gasteiger partial charge in [0.05, 0.1) is 17.8 Å². The van der Waals surface area contributed by atoms with Gasteiger partial charge in [0, 0.05) is 55.3 Å². The van der Waals surface area contributed by atoms with E-state index in [0.717, 1.165) is 63.2 Å². The van der Waals surface area contributed by atoms with Crippen LogP contribution in [0.15, 0.2) is 77.9 Å². The molecule has 0 fully saturated rings. The first-order valence-corrected chi connectivity index (χ1v) is 13.0. The number of amides is 1. The van der Waals surface area contributed by atoms with Gasteiger partial charge >= 0.3 is 5.91 Å². The van der Waals surface area contributed by atoms with Gasteiger partial charge in [-0.3, -0.25) is 9.59 Å². The standard InChI is InChI=1S/C31H29N5O3/c1-20-30(37)34(2)14-15-36(20)16-17-39-24-9-11-28-23(18-24)8-10-27(33-28)22-6-4-21(5-7-22)26-19-35(3)31(38)29-25(26)12-13-32-29/h4-13,18-19H,14-17H2,1-3H3/p+1. The fraction of sp³-hybridized carbons (Fsp3) is 0.226. The van der Waals surface area contributed by atoms with Crippen molar-refractivity contribution in [3.05, 3.63) is 83.4 Å². The van der Waals surface area contributed by atoms with Crippen LogP contribution in [0, 0.1) is 0 Å². The SMILES string of the molecule is CC1=[N+](CCOc2ccc3nc(-c4ccc(-c5cn(C)c(=O)c6[nH]ccc56)cc4)ccc3c2)CCN(C)C1=O. The van der Waals surface area contributed by atoms with Crippen LogP contribution in [0.25, 0.3) is 44.2 Å². The van der Waals surface area contributed by atoms with Gasteiger partial charge in [-0.15, -0.1) is 0 Å². The molecule has 39 heavy (non-hydrogen) atoms. The Kier molecular flexibility index (Phi) is 6.23. The molecule has 1 aliphatic heterocycles. The van der Waals surface area contributed by atoms with E-state index >= 15 is 0 Å². The number of rotatable bonds is 6. The van der Waals surface area contributed by atoms with Crippen molar-refractivity contribution in [2.24, 2.45) is 7.05 Å². The third-order valence-electron chi connectivity index (χ3n) is 7.51. The molecule has 0 bridgehead atoms. The number of hydrogen-bond donors (Lipinski definition) is 1. The molecule has 2 aromatic carbocycles. The first kappa shape index (κ1) is 24.6. The first-order chi connectivity index (χ1) is 18.9. The topological polar surface area (TPSA) is 83.2 Å². The molecule has 0 saturated carbocycles. The van der Waals surface area contributed by atoms with E-state index in [-0.39, 0.29) is 11.5 Å². The Bertz CT molecular complexity index is 1810. The molecule has 6 rings (SSSR count). The van der Waals surface area contributed by atoms with E-state index in [0.29, 0.717) is 18.7 Å². The minimum atomic E-state index is -0.0376. The number of aryl methyl sites for hydroxylation is 1. The van der Waals surface area contributed by atoms with E-state index in [2.05, 4.69) is 39.9 Å². The fourth-order valence-corrected chi connectivity index (χ4v) is 5.18. The molecule has 0 saturated heterocycles. The van der Waals surface area contributed by atoms with E-state index in [1.807, 2.05) is 50.5 Å². The molecular formula is C31H30N5O3+. The minimum Gasteiger partial charge on any atom is -0.487 e. The number of carbonyl (C=O) groups is 1. The highest BCUT2D eigenvalue weighted by Gasteiger charge is 2.27. The molecule has 0 aliphatic carbocycles. The van der Waals surface area contributed by atoms with Crippen molar-refractivity contribution in [3.63, 3.8) is 0 Å². The van der Waals surface area contributed by atoms with Crippen LogP contribution in [-0.4, -0.2) is 68.9 Å². The summed E-state index contributed by atoms with van der Waals surface area (Å²) >= 11 is 0. The molecule has 0 radical (unpaired) electrons. The lowest BCUT2D eigenvalue weighted by atomic mass is 10.0. The molecule has 196 valence electrons. The van der Waals surface area contributed by atoms with Gasteiger partial charge in [-0.05, 0) is 35.9 Å². The van der Waals surface area contributed by atoms with Crippen LogP contribution in [0.5, 0.6) is 5.75 Å². The highest BCUT2D eigenvalue weighted by molar-refractivity contribution is 6.35. The largest absolute Gasteiger partial charge is 0.487 e. The van der Waals surface area contributed by atoms with E-state index in [1.165, 1.54) is 0 Å². The van der Waals surface area contributed by atoms with Crippen LogP contribution in [0.3, 0.4) is 0 Å². The lowest BCUT2D eigenvalue weighted by Crippen LogP contribution is -2.47. The third-order valence-corrected chi connectivity index (χ3v) is 7.51. The van der Waals surface area contributed by atoms with Gasteiger partial charge < -0.3 is 19.2 Å². The molecule has 0 atom stereocenters. The van der Waals surface area contributed by atoms with Gasteiger partial charge in [0.15, 0.2) is 13.1 Å². The van der Waals surface area contributed by atoms with E-state index in [4.69, 9.17) is 9.72 Å². The number of H-pyrrole nitrogens is 1. The number of nitrogens with zero attached hydrogens (tertiary/aromatic N) is 4. The Hall–Kier alpha value is -4.72. The van der Waals surface area contributed by atoms with Gasteiger partial charge in [-0.2, -0.15) is 0 Å². The van der Waals surface area contributed by atoms with Crippen molar-refractivity contribution in [1.82, 2.24) is 19.4 Å². The van der Waals surface area contributed by atoms with Gasteiger partial charge in [0.25, 0.3) is 5.56 Å². The maximum atomic E-state index is 12.4. The van der Waals surface area contributed by atoms with Gasteiger partial charge in [-0.1, -0.05) is 30.3 Å². The zero-order valence-corrected chi connectivity index (χ0v) is 22.3. The Labute approximate surface area is 225 Å². The number of likely N-dealkylation sites (N-methyl/N-ethyl adjacent to an activating group) is 1. The lowest BCUT2D eigenvalue weighted by molar-refractivity contribution is -0.531. The zero-order valence-electron chi connectivity index (χ0n) is 22.3. The third kappa shape index (κ3) is 4.58. The normalized spacial score (nSPS) is 14.0. The Morgan fingerprint density at radius 2 is 1.79 bits per heavy atom. The number of fused-ring (bicyclic) bond motifs is 2. The molecular weight excluding hydrogens is 490 g/mol. The predicted molar refractivity (Wildman–Crippen MR) is 154 cm³/mol. The number of ether oxygens (including phenoxy) is 1. The number of aromatic nitrogens is 3. The molecule has 0 spiro atoms. The van der Waals surface area contributed by atoms with Crippen molar-refractivity contribution in [1.29, 1.82) is 0 Å². The summed E-state index contributed by atoms with van der Waals surface area (Å²) in [4.78, 5) is 34.2. The average molecular weight is 521 g/mol. The van der Waals surface area contributed by atoms with E-state index in [9.17, 15) is 9.59 Å². The summed E-state index contributed by atoms with van der Waals surface area (Å²) in [6.45, 7) is 4.60. The molecule has 1 N–H and O–H groups in total. The average Bonchev–Trinajstić information content (AvgIpc) is 3.45. The smallest absolute Gasteiger partial charge is 0.313 e. The maximum Gasteiger partial charge on any atom is 0.313 e. The number of hydrogen-bond acceptors (Lipinski definition) is 4. The summed E-state index contributed by atoms with van der Waals surface area (Å²) in [5, 5.41) is 1.92. The van der Waals surface area contributed by atoms with E-state index < -0.39 is 0 Å². The van der Waals surface area contributed by atoms with Crippen molar-refractivity contribution in [2.75, 3.05) is 33.3 Å². The number of carbonyl (C=O) groups excluding carboxylic acids is 1.